The minimum Gasteiger partial charge on any atom is -0.477 e. The van der Waals surface area contributed by atoms with Gasteiger partial charge in [0, 0.05) is 13.5 Å². The summed E-state index contributed by atoms with van der Waals surface area (Å²) in [6.45, 7) is 3.44. The zero-order valence-corrected chi connectivity index (χ0v) is 10.6. The predicted octanol–water partition coefficient (Wildman–Crippen LogP) is 2.86. The van der Waals surface area contributed by atoms with E-state index in [4.69, 9.17) is 4.74 Å². The molecule has 0 amide bonds. The molecule has 1 heterocycles. The van der Waals surface area contributed by atoms with Gasteiger partial charge in [0.1, 0.15) is 11.6 Å². The molecule has 1 N–H and O–H groups in total. The molecule has 0 spiro atoms. The van der Waals surface area contributed by atoms with E-state index in [1.54, 1.807) is 20.9 Å². The normalized spacial score (nSPS) is 11.4. The topological polar surface area (TPSA) is 47.0 Å². The molecule has 7 heteroatoms. The quantitative estimate of drug-likeness (QED) is 0.830. The van der Waals surface area contributed by atoms with Crippen LogP contribution in [0, 0.1) is 13.8 Å². The van der Waals surface area contributed by atoms with E-state index in [0.717, 1.165) is 0 Å². The van der Waals surface area contributed by atoms with Crippen molar-refractivity contribution >= 4 is 5.82 Å². The molecule has 0 unspecified atom stereocenters. The zero-order valence-electron chi connectivity index (χ0n) is 10.6. The smallest absolute Gasteiger partial charge is 0.389 e. The third kappa shape index (κ3) is 4.38. The number of nitrogens with zero attached hydrogens (tertiary/aromatic N) is 2. The number of nitrogens with one attached hydrogen (secondary N) is 1. The maximum atomic E-state index is 12.0. The summed E-state index contributed by atoms with van der Waals surface area (Å²) in [6, 6.07) is 0. The number of aryl methyl sites for hydroxylation is 1. The van der Waals surface area contributed by atoms with E-state index in [1.807, 2.05) is 0 Å². The third-order valence-corrected chi connectivity index (χ3v) is 2.29. The van der Waals surface area contributed by atoms with E-state index >= 15 is 0 Å². The SMILES string of the molecule is CNc1nc(C)nc(OCCCC(F)(F)F)c1C. The van der Waals surface area contributed by atoms with Crippen LogP contribution in [-0.4, -0.2) is 29.8 Å². The van der Waals surface area contributed by atoms with Crippen LogP contribution in [-0.2, 0) is 0 Å². The number of hydrogen-bond acceptors (Lipinski definition) is 4. The summed E-state index contributed by atoms with van der Waals surface area (Å²) in [5.41, 5.74) is 0.690. The van der Waals surface area contributed by atoms with Crippen LogP contribution in [0.5, 0.6) is 5.88 Å². The highest BCUT2D eigenvalue weighted by Crippen LogP contribution is 2.23. The van der Waals surface area contributed by atoms with Crippen LogP contribution >= 0.6 is 0 Å². The lowest BCUT2D eigenvalue weighted by atomic mass is 10.3. The second-order valence-electron chi connectivity index (χ2n) is 3.87. The Kier molecular flexibility index (Phi) is 4.75. The first-order chi connectivity index (χ1) is 8.33. The van der Waals surface area contributed by atoms with Gasteiger partial charge in [0.05, 0.1) is 12.2 Å². The molecule has 0 fully saturated rings. The summed E-state index contributed by atoms with van der Waals surface area (Å²) in [6.07, 6.45) is -5.08. The largest absolute Gasteiger partial charge is 0.477 e. The first-order valence-electron chi connectivity index (χ1n) is 5.56. The Morgan fingerprint density at radius 3 is 2.44 bits per heavy atom. The lowest BCUT2D eigenvalue weighted by Crippen LogP contribution is -2.11. The molecule has 0 saturated heterocycles. The number of rotatable bonds is 5. The zero-order chi connectivity index (χ0) is 13.8. The van der Waals surface area contributed by atoms with Gasteiger partial charge in [0.2, 0.25) is 5.88 Å². The van der Waals surface area contributed by atoms with Crippen molar-refractivity contribution in [3.63, 3.8) is 0 Å². The van der Waals surface area contributed by atoms with Crippen LogP contribution in [0.4, 0.5) is 19.0 Å². The summed E-state index contributed by atoms with van der Waals surface area (Å²) in [5.74, 6) is 1.46. The summed E-state index contributed by atoms with van der Waals surface area (Å²) < 4.78 is 41.1. The highest BCUT2D eigenvalue weighted by molar-refractivity contribution is 5.47. The molecule has 102 valence electrons. The van der Waals surface area contributed by atoms with Crippen molar-refractivity contribution in [2.45, 2.75) is 32.9 Å². The van der Waals surface area contributed by atoms with Gasteiger partial charge in [0.25, 0.3) is 0 Å². The lowest BCUT2D eigenvalue weighted by molar-refractivity contribution is -0.136. The Balaban J connectivity index is 2.59. The average Bonchev–Trinajstić information content (AvgIpc) is 2.27. The number of hydrogen-bond donors (Lipinski definition) is 1. The molecular formula is C11H16F3N3O. The fourth-order valence-corrected chi connectivity index (χ4v) is 1.43. The highest BCUT2D eigenvalue weighted by atomic mass is 19.4. The molecule has 1 aromatic heterocycles. The molecule has 0 atom stereocenters. The molecule has 0 radical (unpaired) electrons. The monoisotopic (exact) mass is 263 g/mol. The summed E-state index contributed by atoms with van der Waals surface area (Å²) in [5, 5.41) is 2.88. The Morgan fingerprint density at radius 1 is 1.22 bits per heavy atom. The third-order valence-electron chi connectivity index (χ3n) is 2.29. The second-order valence-corrected chi connectivity index (χ2v) is 3.87. The van der Waals surface area contributed by atoms with Crippen LogP contribution in [0.1, 0.15) is 24.2 Å². The maximum absolute atomic E-state index is 12.0. The van der Waals surface area contributed by atoms with Crippen molar-refractivity contribution in [2.75, 3.05) is 19.0 Å². The van der Waals surface area contributed by atoms with Gasteiger partial charge in [0.15, 0.2) is 0 Å². The van der Waals surface area contributed by atoms with E-state index < -0.39 is 12.6 Å². The van der Waals surface area contributed by atoms with Crippen molar-refractivity contribution < 1.29 is 17.9 Å². The number of anilines is 1. The first-order valence-corrected chi connectivity index (χ1v) is 5.56. The van der Waals surface area contributed by atoms with Gasteiger partial charge in [-0.1, -0.05) is 0 Å². The molecular weight excluding hydrogens is 247 g/mol. The number of ether oxygens (including phenoxy) is 1. The molecule has 0 bridgehead atoms. The number of halogens is 3. The van der Waals surface area contributed by atoms with Gasteiger partial charge in [-0.25, -0.2) is 4.98 Å². The number of aromatic nitrogens is 2. The summed E-state index contributed by atoms with van der Waals surface area (Å²) in [4.78, 5) is 8.20. The van der Waals surface area contributed by atoms with Crippen LogP contribution in [0.2, 0.25) is 0 Å². The second kappa shape index (κ2) is 5.88. The van der Waals surface area contributed by atoms with E-state index in [1.165, 1.54) is 0 Å². The van der Waals surface area contributed by atoms with Crippen molar-refractivity contribution in [2.24, 2.45) is 0 Å². The first kappa shape index (κ1) is 14.5. The summed E-state index contributed by atoms with van der Waals surface area (Å²) in [7, 11) is 1.71. The van der Waals surface area contributed by atoms with Crippen molar-refractivity contribution in [3.8, 4) is 5.88 Å². The van der Waals surface area contributed by atoms with E-state index in [-0.39, 0.29) is 13.0 Å². The number of alkyl halides is 3. The molecule has 1 aromatic rings. The molecule has 18 heavy (non-hydrogen) atoms. The van der Waals surface area contributed by atoms with Gasteiger partial charge >= 0.3 is 6.18 Å². The molecule has 0 saturated carbocycles. The molecule has 0 aliphatic carbocycles. The average molecular weight is 263 g/mol. The fourth-order valence-electron chi connectivity index (χ4n) is 1.43. The van der Waals surface area contributed by atoms with Gasteiger partial charge in [-0.2, -0.15) is 18.2 Å². The summed E-state index contributed by atoms with van der Waals surface area (Å²) >= 11 is 0. The van der Waals surface area contributed by atoms with Crippen molar-refractivity contribution in [1.82, 2.24) is 9.97 Å². The highest BCUT2D eigenvalue weighted by Gasteiger charge is 2.26. The molecule has 0 aromatic carbocycles. The van der Waals surface area contributed by atoms with Gasteiger partial charge in [-0.3, -0.25) is 0 Å². The van der Waals surface area contributed by atoms with Crippen molar-refractivity contribution in [3.05, 3.63) is 11.4 Å². The van der Waals surface area contributed by atoms with Crippen LogP contribution in [0.15, 0.2) is 0 Å². The van der Waals surface area contributed by atoms with Crippen LogP contribution < -0.4 is 10.1 Å². The van der Waals surface area contributed by atoms with Gasteiger partial charge in [-0.15, -0.1) is 0 Å². The van der Waals surface area contributed by atoms with Crippen LogP contribution in [0.25, 0.3) is 0 Å². The molecule has 1 rings (SSSR count). The molecule has 0 aliphatic heterocycles. The Morgan fingerprint density at radius 2 is 1.89 bits per heavy atom. The van der Waals surface area contributed by atoms with E-state index in [2.05, 4.69) is 15.3 Å². The Hall–Kier alpha value is -1.53. The van der Waals surface area contributed by atoms with Crippen LogP contribution in [0.3, 0.4) is 0 Å². The van der Waals surface area contributed by atoms with Gasteiger partial charge < -0.3 is 10.1 Å². The minimum atomic E-state index is -4.14. The van der Waals surface area contributed by atoms with Gasteiger partial charge in [-0.05, 0) is 20.3 Å². The standard InChI is InChI=1S/C11H16F3N3O/c1-7-9(15-3)16-8(2)17-10(7)18-6-4-5-11(12,13)14/h4-6H2,1-3H3,(H,15,16,17). The molecule has 4 nitrogen and oxygen atoms in total. The lowest BCUT2D eigenvalue weighted by Gasteiger charge is -2.12. The maximum Gasteiger partial charge on any atom is 0.389 e. The predicted molar refractivity (Wildman–Crippen MR) is 61.8 cm³/mol. The minimum absolute atomic E-state index is 0.0139. The fraction of sp³-hybridized carbons (Fsp3) is 0.636. The Labute approximate surface area is 104 Å². The Bertz CT molecular complexity index is 407. The molecule has 0 aliphatic rings. The van der Waals surface area contributed by atoms with E-state index in [9.17, 15) is 13.2 Å². The van der Waals surface area contributed by atoms with Crippen molar-refractivity contribution in [1.29, 1.82) is 0 Å². The van der Waals surface area contributed by atoms with E-state index in [0.29, 0.717) is 23.1 Å².